The van der Waals surface area contributed by atoms with Gasteiger partial charge in [0.15, 0.2) is 0 Å². The summed E-state index contributed by atoms with van der Waals surface area (Å²) in [4.78, 5) is 4.52. The standard InChI is InChI=1S/C15H24N2O/c1-11(2)15-9-13(7-8-18-15)16-10-14-6-4-5-12(3)17-14/h4-6,11,13,15-16H,7-10H2,1-3H3. The minimum Gasteiger partial charge on any atom is -0.378 e. The minimum atomic E-state index is 0.404. The number of aromatic nitrogens is 1. The van der Waals surface area contributed by atoms with Gasteiger partial charge in [0.2, 0.25) is 0 Å². The first-order chi connectivity index (χ1) is 8.65. The molecule has 3 heteroatoms. The molecular weight excluding hydrogens is 224 g/mol. The highest BCUT2D eigenvalue weighted by Crippen LogP contribution is 2.20. The van der Waals surface area contributed by atoms with Gasteiger partial charge in [-0.3, -0.25) is 4.98 Å². The van der Waals surface area contributed by atoms with Crippen LogP contribution in [0.4, 0.5) is 0 Å². The van der Waals surface area contributed by atoms with Crippen LogP contribution in [0.5, 0.6) is 0 Å². The van der Waals surface area contributed by atoms with Crippen LogP contribution in [0.15, 0.2) is 18.2 Å². The summed E-state index contributed by atoms with van der Waals surface area (Å²) in [5.74, 6) is 0.603. The van der Waals surface area contributed by atoms with Gasteiger partial charge in [-0.15, -0.1) is 0 Å². The summed E-state index contributed by atoms with van der Waals surface area (Å²) in [6.45, 7) is 8.23. The molecule has 1 N–H and O–H groups in total. The summed E-state index contributed by atoms with van der Waals surface area (Å²) < 4.78 is 5.79. The van der Waals surface area contributed by atoms with Crippen LogP contribution in [0.1, 0.15) is 38.1 Å². The molecule has 0 amide bonds. The normalized spacial score (nSPS) is 24.4. The molecule has 0 spiro atoms. The van der Waals surface area contributed by atoms with Gasteiger partial charge in [0, 0.05) is 24.9 Å². The Labute approximate surface area is 110 Å². The lowest BCUT2D eigenvalue weighted by molar-refractivity contribution is -0.0246. The third-order valence-corrected chi connectivity index (χ3v) is 3.58. The van der Waals surface area contributed by atoms with Gasteiger partial charge in [0.05, 0.1) is 11.8 Å². The molecule has 1 aliphatic rings. The van der Waals surface area contributed by atoms with Crippen LogP contribution in [0.25, 0.3) is 0 Å². The minimum absolute atomic E-state index is 0.404. The Morgan fingerprint density at radius 2 is 2.28 bits per heavy atom. The summed E-state index contributed by atoms with van der Waals surface area (Å²) in [6, 6.07) is 6.75. The fourth-order valence-electron chi connectivity index (χ4n) is 2.42. The average Bonchev–Trinajstić information content (AvgIpc) is 2.37. The predicted molar refractivity (Wildman–Crippen MR) is 73.4 cm³/mol. The van der Waals surface area contributed by atoms with Crippen LogP contribution >= 0.6 is 0 Å². The van der Waals surface area contributed by atoms with Gasteiger partial charge in [-0.25, -0.2) is 0 Å². The van der Waals surface area contributed by atoms with E-state index in [1.165, 1.54) is 0 Å². The van der Waals surface area contributed by atoms with Crippen LogP contribution in [0, 0.1) is 12.8 Å². The maximum atomic E-state index is 5.79. The molecule has 1 saturated heterocycles. The molecule has 1 aromatic rings. The second-order valence-corrected chi connectivity index (χ2v) is 5.53. The lowest BCUT2D eigenvalue weighted by Gasteiger charge is -2.32. The first kappa shape index (κ1) is 13.5. The van der Waals surface area contributed by atoms with Gasteiger partial charge in [0.25, 0.3) is 0 Å². The molecule has 3 nitrogen and oxygen atoms in total. The third kappa shape index (κ3) is 3.79. The second kappa shape index (κ2) is 6.30. The van der Waals surface area contributed by atoms with Crippen molar-refractivity contribution in [1.29, 1.82) is 0 Å². The van der Waals surface area contributed by atoms with E-state index in [-0.39, 0.29) is 0 Å². The topological polar surface area (TPSA) is 34.1 Å². The molecule has 1 aliphatic heterocycles. The van der Waals surface area contributed by atoms with Crippen LogP contribution < -0.4 is 5.32 Å². The van der Waals surface area contributed by atoms with Crippen molar-refractivity contribution in [2.24, 2.45) is 5.92 Å². The fourth-order valence-corrected chi connectivity index (χ4v) is 2.42. The fraction of sp³-hybridized carbons (Fsp3) is 0.667. The van der Waals surface area contributed by atoms with Crippen molar-refractivity contribution in [3.63, 3.8) is 0 Å². The van der Waals surface area contributed by atoms with E-state index in [0.29, 0.717) is 18.1 Å². The smallest absolute Gasteiger partial charge is 0.0612 e. The molecule has 2 unspecified atom stereocenters. The van der Waals surface area contributed by atoms with Gasteiger partial charge >= 0.3 is 0 Å². The van der Waals surface area contributed by atoms with Crippen LogP contribution in [0.2, 0.25) is 0 Å². The first-order valence-corrected chi connectivity index (χ1v) is 6.92. The number of aryl methyl sites for hydroxylation is 1. The molecule has 1 fully saturated rings. The lowest BCUT2D eigenvalue weighted by atomic mass is 9.95. The predicted octanol–water partition coefficient (Wildman–Crippen LogP) is 2.68. The van der Waals surface area contributed by atoms with Gasteiger partial charge in [-0.2, -0.15) is 0 Å². The molecule has 2 atom stereocenters. The summed E-state index contributed by atoms with van der Waals surface area (Å²) in [5, 5.41) is 3.61. The Hall–Kier alpha value is -0.930. The van der Waals surface area contributed by atoms with E-state index in [9.17, 15) is 0 Å². The summed E-state index contributed by atoms with van der Waals surface area (Å²) in [6.07, 6.45) is 2.63. The zero-order valence-electron chi connectivity index (χ0n) is 11.6. The number of ether oxygens (including phenoxy) is 1. The molecule has 0 saturated carbocycles. The third-order valence-electron chi connectivity index (χ3n) is 3.58. The van der Waals surface area contributed by atoms with E-state index in [0.717, 1.165) is 37.4 Å². The Kier molecular flexibility index (Phi) is 4.72. The number of nitrogens with zero attached hydrogens (tertiary/aromatic N) is 1. The van der Waals surface area contributed by atoms with E-state index < -0.39 is 0 Å². The lowest BCUT2D eigenvalue weighted by Crippen LogP contribution is -2.40. The highest BCUT2D eigenvalue weighted by Gasteiger charge is 2.24. The number of hydrogen-bond acceptors (Lipinski definition) is 3. The van der Waals surface area contributed by atoms with Crippen molar-refractivity contribution in [2.45, 2.75) is 52.3 Å². The zero-order valence-corrected chi connectivity index (χ0v) is 11.6. The molecule has 0 aliphatic carbocycles. The quantitative estimate of drug-likeness (QED) is 0.889. The SMILES string of the molecule is Cc1cccc(CNC2CCOC(C(C)C)C2)n1. The van der Waals surface area contributed by atoms with E-state index in [1.54, 1.807) is 0 Å². The number of nitrogens with one attached hydrogen (secondary N) is 1. The van der Waals surface area contributed by atoms with E-state index in [1.807, 2.05) is 13.0 Å². The average molecular weight is 248 g/mol. The molecule has 1 aromatic heterocycles. The Bertz CT molecular complexity index is 379. The zero-order chi connectivity index (χ0) is 13.0. The van der Waals surface area contributed by atoms with Crippen LogP contribution in [0.3, 0.4) is 0 Å². The van der Waals surface area contributed by atoms with E-state index in [4.69, 9.17) is 4.74 Å². The molecule has 100 valence electrons. The van der Waals surface area contributed by atoms with Crippen LogP contribution in [-0.4, -0.2) is 23.7 Å². The van der Waals surface area contributed by atoms with E-state index in [2.05, 4.69) is 36.3 Å². The van der Waals surface area contributed by atoms with Crippen molar-refractivity contribution in [3.05, 3.63) is 29.6 Å². The van der Waals surface area contributed by atoms with Crippen molar-refractivity contribution >= 4 is 0 Å². The first-order valence-electron chi connectivity index (χ1n) is 6.92. The molecule has 0 aromatic carbocycles. The summed E-state index contributed by atoms with van der Waals surface area (Å²) in [5.41, 5.74) is 2.21. The Morgan fingerprint density at radius 3 is 3.00 bits per heavy atom. The van der Waals surface area contributed by atoms with Gasteiger partial charge in [0.1, 0.15) is 0 Å². The van der Waals surface area contributed by atoms with Crippen molar-refractivity contribution in [2.75, 3.05) is 6.61 Å². The van der Waals surface area contributed by atoms with E-state index >= 15 is 0 Å². The molecule has 0 bridgehead atoms. The van der Waals surface area contributed by atoms with Crippen molar-refractivity contribution < 1.29 is 4.74 Å². The molecular formula is C15H24N2O. The summed E-state index contributed by atoms with van der Waals surface area (Å²) in [7, 11) is 0. The highest BCUT2D eigenvalue weighted by molar-refractivity contribution is 5.09. The number of pyridine rings is 1. The monoisotopic (exact) mass is 248 g/mol. The highest BCUT2D eigenvalue weighted by atomic mass is 16.5. The molecule has 0 radical (unpaired) electrons. The molecule has 18 heavy (non-hydrogen) atoms. The summed E-state index contributed by atoms with van der Waals surface area (Å²) >= 11 is 0. The Morgan fingerprint density at radius 1 is 1.44 bits per heavy atom. The molecule has 2 rings (SSSR count). The number of rotatable bonds is 4. The second-order valence-electron chi connectivity index (χ2n) is 5.53. The van der Waals surface area contributed by atoms with Gasteiger partial charge < -0.3 is 10.1 Å². The van der Waals surface area contributed by atoms with Crippen LogP contribution in [-0.2, 0) is 11.3 Å². The maximum absolute atomic E-state index is 5.79. The maximum Gasteiger partial charge on any atom is 0.0612 e. The van der Waals surface area contributed by atoms with Gasteiger partial charge in [-0.1, -0.05) is 19.9 Å². The van der Waals surface area contributed by atoms with Crippen molar-refractivity contribution in [1.82, 2.24) is 10.3 Å². The Balaban J connectivity index is 1.83. The number of hydrogen-bond donors (Lipinski definition) is 1. The largest absolute Gasteiger partial charge is 0.378 e. The van der Waals surface area contributed by atoms with Gasteiger partial charge in [-0.05, 0) is 37.8 Å². The van der Waals surface area contributed by atoms with Crippen molar-refractivity contribution in [3.8, 4) is 0 Å². The molecule has 2 heterocycles.